The van der Waals surface area contributed by atoms with Crippen LogP contribution < -0.4 is 0 Å². The molecular weight excluding hydrogens is 180 g/mol. The van der Waals surface area contributed by atoms with Gasteiger partial charge >= 0.3 is 5.35 Å². The van der Waals surface area contributed by atoms with E-state index in [1.807, 2.05) is 0 Å². The molecule has 0 amide bonds. The molecule has 1 atom stereocenters. The highest BCUT2D eigenvalue weighted by Crippen LogP contribution is 2.23. The lowest BCUT2D eigenvalue weighted by atomic mass is 10.0. The van der Waals surface area contributed by atoms with Gasteiger partial charge in [0.2, 0.25) is 0 Å². The topological polar surface area (TPSA) is 48.2 Å². The Morgan fingerprint density at radius 2 is 2.42 bits per heavy atom. The third-order valence-electron chi connectivity index (χ3n) is 1.94. The van der Waals surface area contributed by atoms with Gasteiger partial charge in [0, 0.05) is 12.5 Å². The lowest BCUT2D eigenvalue weighted by Gasteiger charge is -2.18. The van der Waals surface area contributed by atoms with Crippen molar-refractivity contribution >= 4 is 11.6 Å². The predicted octanol–water partition coefficient (Wildman–Crippen LogP) is 1.62. The lowest BCUT2D eigenvalue weighted by Crippen LogP contribution is -2.16. The van der Waals surface area contributed by atoms with Crippen LogP contribution in [0.1, 0.15) is 24.6 Å². The Balaban J connectivity index is 2.08. The van der Waals surface area contributed by atoms with Crippen LogP contribution in [-0.4, -0.2) is 23.4 Å². The van der Waals surface area contributed by atoms with Gasteiger partial charge in [0.25, 0.3) is 0 Å². The maximum Gasteiger partial charge on any atom is 0.320 e. The second-order valence-corrected chi connectivity index (χ2v) is 3.14. The van der Waals surface area contributed by atoms with E-state index in [2.05, 4.69) is 14.7 Å². The minimum Gasteiger partial charge on any atom is -0.381 e. The molecule has 2 heterocycles. The molecular formula is C7H9ClN2O2. The van der Waals surface area contributed by atoms with Crippen molar-refractivity contribution in [1.82, 2.24) is 10.1 Å². The average molecular weight is 189 g/mol. The smallest absolute Gasteiger partial charge is 0.320 e. The van der Waals surface area contributed by atoms with Gasteiger partial charge in [-0.3, -0.25) is 0 Å². The van der Waals surface area contributed by atoms with Crippen molar-refractivity contribution in [3.05, 3.63) is 11.2 Å². The molecule has 1 fully saturated rings. The first-order chi connectivity index (χ1) is 5.86. The Kier molecular flexibility index (Phi) is 2.28. The Morgan fingerprint density at radius 1 is 1.50 bits per heavy atom. The van der Waals surface area contributed by atoms with Crippen LogP contribution in [0.2, 0.25) is 5.35 Å². The van der Waals surface area contributed by atoms with Crippen LogP contribution in [0.25, 0.3) is 0 Å². The fourth-order valence-electron chi connectivity index (χ4n) is 1.33. The monoisotopic (exact) mass is 188 g/mol. The largest absolute Gasteiger partial charge is 0.381 e. The number of halogens is 1. The second-order valence-electron chi connectivity index (χ2n) is 2.82. The van der Waals surface area contributed by atoms with Crippen LogP contribution in [-0.2, 0) is 4.74 Å². The van der Waals surface area contributed by atoms with Crippen LogP contribution in [0.5, 0.6) is 0 Å². The SMILES string of the molecule is Clc1nc(C2CCCOC2)no1. The van der Waals surface area contributed by atoms with E-state index in [4.69, 9.17) is 16.3 Å². The minimum atomic E-state index is 0.107. The average Bonchev–Trinajstić information content (AvgIpc) is 2.54. The number of rotatable bonds is 1. The van der Waals surface area contributed by atoms with Crippen molar-refractivity contribution in [1.29, 1.82) is 0 Å². The summed E-state index contributed by atoms with van der Waals surface area (Å²) in [5.41, 5.74) is 0. The molecule has 0 spiro atoms. The maximum atomic E-state index is 5.50. The normalized spacial score (nSPS) is 24.2. The van der Waals surface area contributed by atoms with Crippen LogP contribution in [0.15, 0.2) is 4.52 Å². The minimum absolute atomic E-state index is 0.107. The summed E-state index contributed by atoms with van der Waals surface area (Å²) in [5.74, 6) is 0.926. The molecule has 12 heavy (non-hydrogen) atoms. The molecule has 1 aromatic heterocycles. The third kappa shape index (κ3) is 1.59. The zero-order valence-corrected chi connectivity index (χ0v) is 7.25. The van der Waals surface area contributed by atoms with E-state index in [1.165, 1.54) is 0 Å². The van der Waals surface area contributed by atoms with Crippen LogP contribution in [0.4, 0.5) is 0 Å². The maximum absolute atomic E-state index is 5.50. The summed E-state index contributed by atoms with van der Waals surface area (Å²) in [6.07, 6.45) is 2.10. The zero-order chi connectivity index (χ0) is 8.39. The lowest BCUT2D eigenvalue weighted by molar-refractivity contribution is 0.0773. The fraction of sp³-hybridized carbons (Fsp3) is 0.714. The number of aromatic nitrogens is 2. The number of hydrogen-bond donors (Lipinski definition) is 0. The van der Waals surface area contributed by atoms with Gasteiger partial charge in [-0.05, 0) is 24.4 Å². The summed E-state index contributed by atoms with van der Waals surface area (Å²) < 4.78 is 9.95. The van der Waals surface area contributed by atoms with Crippen molar-refractivity contribution in [2.24, 2.45) is 0 Å². The number of hydrogen-bond acceptors (Lipinski definition) is 4. The van der Waals surface area contributed by atoms with Crippen LogP contribution in [0.3, 0.4) is 0 Å². The molecule has 0 aromatic carbocycles. The van der Waals surface area contributed by atoms with E-state index in [-0.39, 0.29) is 11.3 Å². The molecule has 4 nitrogen and oxygen atoms in total. The van der Waals surface area contributed by atoms with Crippen molar-refractivity contribution in [3.63, 3.8) is 0 Å². The molecule has 66 valence electrons. The van der Waals surface area contributed by atoms with E-state index in [1.54, 1.807) is 0 Å². The molecule has 1 unspecified atom stereocenters. The molecule has 1 saturated heterocycles. The van der Waals surface area contributed by atoms with Crippen molar-refractivity contribution in [2.45, 2.75) is 18.8 Å². The molecule has 0 aliphatic carbocycles. The van der Waals surface area contributed by atoms with Gasteiger partial charge in [0.1, 0.15) is 0 Å². The molecule has 1 aliphatic heterocycles. The van der Waals surface area contributed by atoms with Crippen molar-refractivity contribution < 1.29 is 9.26 Å². The third-order valence-corrected chi connectivity index (χ3v) is 2.10. The van der Waals surface area contributed by atoms with Gasteiger partial charge in [-0.15, -0.1) is 0 Å². The highest BCUT2D eigenvalue weighted by molar-refractivity contribution is 6.27. The van der Waals surface area contributed by atoms with Gasteiger partial charge in [-0.1, -0.05) is 5.16 Å². The first kappa shape index (κ1) is 8.01. The Labute approximate surface area is 74.9 Å². The zero-order valence-electron chi connectivity index (χ0n) is 6.49. The van der Waals surface area contributed by atoms with E-state index in [0.717, 1.165) is 19.4 Å². The van der Waals surface area contributed by atoms with Gasteiger partial charge < -0.3 is 9.26 Å². The molecule has 0 radical (unpaired) electrons. The van der Waals surface area contributed by atoms with Gasteiger partial charge in [-0.25, -0.2) is 0 Å². The highest BCUT2D eigenvalue weighted by atomic mass is 35.5. The molecule has 0 saturated carbocycles. The second kappa shape index (κ2) is 3.41. The molecule has 2 rings (SSSR count). The van der Waals surface area contributed by atoms with Crippen LogP contribution >= 0.6 is 11.6 Å². The molecule has 5 heteroatoms. The van der Waals surface area contributed by atoms with E-state index >= 15 is 0 Å². The summed E-state index contributed by atoms with van der Waals surface area (Å²) in [6, 6.07) is 0. The molecule has 1 aliphatic rings. The Hall–Kier alpha value is -0.610. The summed E-state index contributed by atoms with van der Waals surface area (Å²) in [7, 11) is 0. The number of ether oxygens (including phenoxy) is 1. The molecule has 0 N–H and O–H groups in total. The Bertz CT molecular complexity index is 258. The summed E-state index contributed by atoms with van der Waals surface area (Å²) >= 11 is 5.50. The van der Waals surface area contributed by atoms with Crippen molar-refractivity contribution in [3.8, 4) is 0 Å². The fourth-order valence-corrected chi connectivity index (χ4v) is 1.45. The summed E-state index contributed by atoms with van der Waals surface area (Å²) in [6.45, 7) is 1.51. The van der Waals surface area contributed by atoms with Crippen molar-refractivity contribution in [2.75, 3.05) is 13.2 Å². The van der Waals surface area contributed by atoms with Gasteiger partial charge in [0.05, 0.1) is 6.61 Å². The molecule has 1 aromatic rings. The van der Waals surface area contributed by atoms with E-state index in [0.29, 0.717) is 12.4 Å². The first-order valence-corrected chi connectivity index (χ1v) is 4.31. The quantitative estimate of drug-likeness (QED) is 0.672. The first-order valence-electron chi connectivity index (χ1n) is 3.93. The highest BCUT2D eigenvalue weighted by Gasteiger charge is 2.20. The van der Waals surface area contributed by atoms with E-state index < -0.39 is 0 Å². The predicted molar refractivity (Wildman–Crippen MR) is 42.1 cm³/mol. The molecule has 0 bridgehead atoms. The number of nitrogens with zero attached hydrogens (tertiary/aromatic N) is 2. The van der Waals surface area contributed by atoms with Gasteiger partial charge in [-0.2, -0.15) is 4.98 Å². The van der Waals surface area contributed by atoms with Gasteiger partial charge in [0.15, 0.2) is 5.82 Å². The van der Waals surface area contributed by atoms with Crippen LogP contribution in [0, 0.1) is 0 Å². The standard InChI is InChI=1S/C7H9ClN2O2/c8-7-9-6(10-12-7)5-2-1-3-11-4-5/h5H,1-4H2. The summed E-state index contributed by atoms with van der Waals surface area (Å²) in [5, 5.41) is 3.85. The van der Waals surface area contributed by atoms with E-state index in [9.17, 15) is 0 Å². The summed E-state index contributed by atoms with van der Waals surface area (Å²) in [4.78, 5) is 3.94. The Morgan fingerprint density at radius 3 is 3.00 bits per heavy atom.